The first-order valence-electron chi connectivity index (χ1n) is 10.8. The molecule has 6 heteroatoms. The Morgan fingerprint density at radius 3 is 2.52 bits per heavy atom. The zero-order valence-electron chi connectivity index (χ0n) is 18.6. The fourth-order valence-electron chi connectivity index (χ4n) is 3.25. The highest BCUT2D eigenvalue weighted by Crippen LogP contribution is 2.37. The van der Waals surface area contributed by atoms with E-state index in [0.29, 0.717) is 30.4 Å². The van der Waals surface area contributed by atoms with Crippen molar-refractivity contribution in [3.63, 3.8) is 0 Å². The molecule has 1 atom stereocenters. The van der Waals surface area contributed by atoms with Crippen molar-refractivity contribution in [3.05, 3.63) is 59.7 Å². The van der Waals surface area contributed by atoms with E-state index in [2.05, 4.69) is 31.2 Å². The highest BCUT2D eigenvalue weighted by atomic mass is 16.5. The summed E-state index contributed by atoms with van der Waals surface area (Å²) < 4.78 is 16.9. The molecule has 0 fully saturated rings. The maximum atomic E-state index is 12.8. The minimum Gasteiger partial charge on any atom is -0.494 e. The van der Waals surface area contributed by atoms with E-state index in [-0.39, 0.29) is 11.8 Å². The van der Waals surface area contributed by atoms with Crippen LogP contribution < -0.4 is 14.8 Å². The SMILES string of the molecule is CCCOc1ccc(C(=O)Nc2noc(-c3cccc(OCC)c3)c2C(C)CC)cc1. The van der Waals surface area contributed by atoms with Gasteiger partial charge in [-0.3, -0.25) is 4.79 Å². The summed E-state index contributed by atoms with van der Waals surface area (Å²) in [7, 11) is 0. The molecule has 0 aliphatic carbocycles. The lowest BCUT2D eigenvalue weighted by molar-refractivity contribution is 0.102. The van der Waals surface area contributed by atoms with Crippen LogP contribution >= 0.6 is 0 Å². The number of amides is 1. The third-order valence-corrected chi connectivity index (χ3v) is 5.06. The summed E-state index contributed by atoms with van der Waals surface area (Å²) in [5, 5.41) is 7.11. The van der Waals surface area contributed by atoms with Crippen LogP contribution in [0.25, 0.3) is 11.3 Å². The zero-order chi connectivity index (χ0) is 22.2. The molecule has 0 spiro atoms. The number of anilines is 1. The summed E-state index contributed by atoms with van der Waals surface area (Å²) in [6.45, 7) is 9.42. The van der Waals surface area contributed by atoms with Crippen molar-refractivity contribution in [2.75, 3.05) is 18.5 Å². The molecule has 0 aliphatic heterocycles. The van der Waals surface area contributed by atoms with E-state index in [1.165, 1.54) is 0 Å². The molecule has 1 aromatic heterocycles. The van der Waals surface area contributed by atoms with Crippen LogP contribution in [0.3, 0.4) is 0 Å². The van der Waals surface area contributed by atoms with Crippen molar-refractivity contribution in [1.29, 1.82) is 0 Å². The predicted molar refractivity (Wildman–Crippen MR) is 122 cm³/mol. The van der Waals surface area contributed by atoms with E-state index < -0.39 is 0 Å². The number of ether oxygens (including phenoxy) is 2. The lowest BCUT2D eigenvalue weighted by Gasteiger charge is -2.12. The summed E-state index contributed by atoms with van der Waals surface area (Å²) in [6.07, 6.45) is 1.81. The van der Waals surface area contributed by atoms with Crippen LogP contribution in [-0.4, -0.2) is 24.3 Å². The number of carbonyl (C=O) groups excluding carboxylic acids is 1. The molecule has 3 rings (SSSR count). The van der Waals surface area contributed by atoms with Crippen molar-refractivity contribution in [2.45, 2.75) is 46.5 Å². The molecule has 31 heavy (non-hydrogen) atoms. The van der Waals surface area contributed by atoms with Gasteiger partial charge in [0.2, 0.25) is 0 Å². The third kappa shape index (κ3) is 5.45. The van der Waals surface area contributed by atoms with Gasteiger partial charge in [0.05, 0.1) is 13.2 Å². The number of nitrogens with zero attached hydrogens (tertiary/aromatic N) is 1. The molecule has 1 unspecified atom stereocenters. The molecule has 3 aromatic rings. The van der Waals surface area contributed by atoms with Crippen LogP contribution in [0, 0.1) is 0 Å². The Bertz CT molecular complexity index is 995. The molecule has 1 N–H and O–H groups in total. The lowest BCUT2D eigenvalue weighted by atomic mass is 9.95. The van der Waals surface area contributed by atoms with Gasteiger partial charge in [-0.1, -0.05) is 38.1 Å². The second-order valence-electron chi connectivity index (χ2n) is 7.37. The Morgan fingerprint density at radius 1 is 1.06 bits per heavy atom. The number of rotatable bonds is 10. The molecule has 0 saturated heterocycles. The van der Waals surface area contributed by atoms with Crippen LogP contribution in [0.1, 0.15) is 62.4 Å². The van der Waals surface area contributed by atoms with Crippen molar-refractivity contribution < 1.29 is 18.8 Å². The first-order valence-corrected chi connectivity index (χ1v) is 10.8. The smallest absolute Gasteiger partial charge is 0.256 e. The first-order chi connectivity index (χ1) is 15.1. The highest BCUT2D eigenvalue weighted by Gasteiger charge is 2.24. The van der Waals surface area contributed by atoms with Gasteiger partial charge in [-0.05, 0) is 62.1 Å². The van der Waals surface area contributed by atoms with Gasteiger partial charge in [0.1, 0.15) is 11.5 Å². The average molecular weight is 423 g/mol. The molecule has 1 amide bonds. The van der Waals surface area contributed by atoms with Gasteiger partial charge in [0.25, 0.3) is 5.91 Å². The highest BCUT2D eigenvalue weighted by molar-refractivity contribution is 6.04. The third-order valence-electron chi connectivity index (χ3n) is 5.06. The normalized spacial score (nSPS) is 11.7. The average Bonchev–Trinajstić information content (AvgIpc) is 3.21. The molecule has 0 saturated carbocycles. The molecular formula is C25H30N2O4. The lowest BCUT2D eigenvalue weighted by Crippen LogP contribution is -2.14. The molecule has 164 valence electrons. The molecule has 2 aromatic carbocycles. The Labute approximate surface area is 183 Å². The van der Waals surface area contributed by atoms with Gasteiger partial charge < -0.3 is 19.3 Å². The Morgan fingerprint density at radius 2 is 1.84 bits per heavy atom. The minimum absolute atomic E-state index is 0.150. The topological polar surface area (TPSA) is 73.6 Å². The number of aromatic nitrogens is 1. The van der Waals surface area contributed by atoms with Gasteiger partial charge in [-0.25, -0.2) is 0 Å². The summed E-state index contributed by atoms with van der Waals surface area (Å²) in [4.78, 5) is 12.8. The zero-order valence-corrected chi connectivity index (χ0v) is 18.6. The fourth-order valence-corrected chi connectivity index (χ4v) is 3.25. The largest absolute Gasteiger partial charge is 0.494 e. The van der Waals surface area contributed by atoms with Gasteiger partial charge >= 0.3 is 0 Å². The number of hydrogen-bond donors (Lipinski definition) is 1. The van der Waals surface area contributed by atoms with Crippen LogP contribution in [0.2, 0.25) is 0 Å². The van der Waals surface area contributed by atoms with Gasteiger partial charge in [-0.2, -0.15) is 0 Å². The molecule has 0 radical (unpaired) electrons. The molecule has 6 nitrogen and oxygen atoms in total. The number of carbonyl (C=O) groups is 1. The maximum absolute atomic E-state index is 12.8. The van der Waals surface area contributed by atoms with Crippen LogP contribution in [-0.2, 0) is 0 Å². The maximum Gasteiger partial charge on any atom is 0.256 e. The van der Waals surface area contributed by atoms with Crippen molar-refractivity contribution in [2.24, 2.45) is 0 Å². The first kappa shape index (κ1) is 22.4. The van der Waals surface area contributed by atoms with E-state index in [9.17, 15) is 4.79 Å². The Kier molecular flexibility index (Phi) is 7.70. The number of nitrogens with one attached hydrogen (secondary N) is 1. The minimum atomic E-state index is -0.241. The standard InChI is InChI=1S/C25H30N2O4/c1-5-15-30-20-13-11-18(12-14-20)25(28)26-24-22(17(4)6-2)23(31-27-24)19-9-8-10-21(16-19)29-7-3/h8-14,16-17H,5-7,15H2,1-4H3,(H,26,27,28). The fraction of sp³-hybridized carbons (Fsp3) is 0.360. The van der Waals surface area contributed by atoms with E-state index in [4.69, 9.17) is 14.0 Å². The predicted octanol–water partition coefficient (Wildman–Crippen LogP) is 6.29. The molecular weight excluding hydrogens is 392 g/mol. The van der Waals surface area contributed by atoms with E-state index in [0.717, 1.165) is 35.5 Å². The van der Waals surface area contributed by atoms with E-state index in [1.807, 2.05) is 31.2 Å². The summed E-state index contributed by atoms with van der Waals surface area (Å²) in [6, 6.07) is 14.8. The van der Waals surface area contributed by atoms with Crippen LogP contribution in [0.15, 0.2) is 53.1 Å². The van der Waals surface area contributed by atoms with E-state index >= 15 is 0 Å². The van der Waals surface area contributed by atoms with Crippen LogP contribution in [0.5, 0.6) is 11.5 Å². The summed E-state index contributed by atoms with van der Waals surface area (Å²) >= 11 is 0. The summed E-state index contributed by atoms with van der Waals surface area (Å²) in [5.41, 5.74) is 2.28. The monoisotopic (exact) mass is 422 g/mol. The van der Waals surface area contributed by atoms with Crippen molar-refractivity contribution in [3.8, 4) is 22.8 Å². The second-order valence-corrected chi connectivity index (χ2v) is 7.37. The molecule has 1 heterocycles. The Hall–Kier alpha value is -3.28. The van der Waals surface area contributed by atoms with Gasteiger partial charge in [0, 0.05) is 16.7 Å². The van der Waals surface area contributed by atoms with Crippen LogP contribution in [0.4, 0.5) is 5.82 Å². The van der Waals surface area contributed by atoms with Gasteiger partial charge in [-0.15, -0.1) is 0 Å². The summed E-state index contributed by atoms with van der Waals surface area (Å²) in [5.74, 6) is 2.52. The van der Waals surface area contributed by atoms with Gasteiger partial charge in [0.15, 0.2) is 11.6 Å². The van der Waals surface area contributed by atoms with Crippen molar-refractivity contribution in [1.82, 2.24) is 5.16 Å². The molecule has 0 aliphatic rings. The second kappa shape index (κ2) is 10.7. The number of benzene rings is 2. The quantitative estimate of drug-likeness (QED) is 0.415. The van der Waals surface area contributed by atoms with E-state index in [1.54, 1.807) is 24.3 Å². The Balaban J connectivity index is 1.86. The number of hydrogen-bond acceptors (Lipinski definition) is 5. The van der Waals surface area contributed by atoms with Crippen molar-refractivity contribution >= 4 is 11.7 Å². The molecule has 0 bridgehead atoms.